The van der Waals surface area contributed by atoms with E-state index >= 15 is 0 Å². The van der Waals surface area contributed by atoms with Gasteiger partial charge in [-0.25, -0.2) is 4.98 Å². The molecule has 2 rings (SSSR count). The lowest BCUT2D eigenvalue weighted by Crippen LogP contribution is -2.24. The van der Waals surface area contributed by atoms with Gasteiger partial charge >= 0.3 is 0 Å². The van der Waals surface area contributed by atoms with Gasteiger partial charge in [0.1, 0.15) is 5.75 Å². The monoisotopic (exact) mass is 405 g/mol. The molecule has 0 aliphatic heterocycles. The quantitative estimate of drug-likeness (QED) is 0.299. The third-order valence-corrected chi connectivity index (χ3v) is 4.57. The van der Waals surface area contributed by atoms with Gasteiger partial charge in [-0.05, 0) is 18.1 Å². The molecule has 0 aliphatic carbocycles. The Bertz CT molecular complexity index is 778. The highest BCUT2D eigenvalue weighted by Gasteiger charge is 2.04. The van der Waals surface area contributed by atoms with Crippen LogP contribution in [0.1, 0.15) is 18.2 Å². The van der Waals surface area contributed by atoms with Crippen LogP contribution in [0.3, 0.4) is 0 Å². The van der Waals surface area contributed by atoms with Crippen LogP contribution in [0.15, 0.2) is 34.6 Å². The molecule has 28 heavy (non-hydrogen) atoms. The Kier molecular flexibility index (Phi) is 9.23. The Labute approximate surface area is 169 Å². The second-order valence-corrected chi connectivity index (χ2v) is 6.80. The van der Waals surface area contributed by atoms with Crippen molar-refractivity contribution in [3.63, 3.8) is 0 Å². The largest absolute Gasteiger partial charge is 0.496 e. The van der Waals surface area contributed by atoms with Crippen molar-refractivity contribution in [2.24, 2.45) is 10.7 Å². The minimum atomic E-state index is -0.0547. The summed E-state index contributed by atoms with van der Waals surface area (Å²) in [6.07, 6.45) is 1.44. The molecular weight excluding hydrogens is 378 g/mol. The standard InChI is InChI=1S/C19H27N5O3S/c1-14(25)21-10-12-27-11-8-16-13-28-19(23-16)24-18(20)22-9-7-15-5-3-4-6-17(15)26-2/h3-6,13H,7-12H2,1-2H3,(H,21,25)(H3,20,22,23,24). The highest BCUT2D eigenvalue weighted by molar-refractivity contribution is 7.13. The van der Waals surface area contributed by atoms with Gasteiger partial charge in [-0.3, -0.25) is 9.79 Å². The zero-order chi connectivity index (χ0) is 20.2. The SMILES string of the molecule is COc1ccccc1CCN=C(N)Nc1nc(CCOCCNC(C)=O)cs1. The first kappa shape index (κ1) is 21.6. The Morgan fingerprint density at radius 3 is 2.89 bits per heavy atom. The fourth-order valence-corrected chi connectivity index (χ4v) is 3.16. The number of hydrogen-bond donors (Lipinski definition) is 3. The molecule has 9 heteroatoms. The summed E-state index contributed by atoms with van der Waals surface area (Å²) in [6, 6.07) is 7.87. The summed E-state index contributed by atoms with van der Waals surface area (Å²) in [6.45, 7) is 3.59. The van der Waals surface area contributed by atoms with Crippen molar-refractivity contribution in [3.8, 4) is 5.75 Å². The normalized spacial score (nSPS) is 11.3. The summed E-state index contributed by atoms with van der Waals surface area (Å²) in [5, 5.41) is 8.36. The fourth-order valence-electron chi connectivity index (χ4n) is 2.41. The summed E-state index contributed by atoms with van der Waals surface area (Å²) < 4.78 is 10.8. The number of nitrogens with two attached hydrogens (primary N) is 1. The van der Waals surface area contributed by atoms with Gasteiger partial charge in [-0.1, -0.05) is 18.2 Å². The Morgan fingerprint density at radius 1 is 1.29 bits per heavy atom. The number of ether oxygens (including phenoxy) is 2. The van der Waals surface area contributed by atoms with Crippen molar-refractivity contribution >= 4 is 28.3 Å². The maximum Gasteiger partial charge on any atom is 0.216 e. The molecule has 0 saturated carbocycles. The van der Waals surface area contributed by atoms with Gasteiger partial charge in [-0.2, -0.15) is 0 Å². The lowest BCUT2D eigenvalue weighted by Gasteiger charge is -2.07. The molecule has 2 aromatic rings. The number of anilines is 1. The van der Waals surface area contributed by atoms with Crippen LogP contribution in [0.2, 0.25) is 0 Å². The second kappa shape index (κ2) is 11.9. The number of benzene rings is 1. The van der Waals surface area contributed by atoms with Gasteiger partial charge in [0.15, 0.2) is 11.1 Å². The number of rotatable bonds is 11. The lowest BCUT2D eigenvalue weighted by atomic mass is 10.1. The number of amides is 1. The highest BCUT2D eigenvalue weighted by Crippen LogP contribution is 2.18. The summed E-state index contributed by atoms with van der Waals surface area (Å²) >= 11 is 1.47. The second-order valence-electron chi connectivity index (χ2n) is 5.94. The summed E-state index contributed by atoms with van der Waals surface area (Å²) in [4.78, 5) is 19.6. The van der Waals surface area contributed by atoms with Crippen molar-refractivity contribution < 1.29 is 14.3 Å². The lowest BCUT2D eigenvalue weighted by molar-refractivity contribution is -0.119. The molecule has 1 amide bonds. The average Bonchev–Trinajstić information content (AvgIpc) is 3.11. The summed E-state index contributed by atoms with van der Waals surface area (Å²) in [5.74, 6) is 1.14. The molecule has 0 unspecified atom stereocenters. The van der Waals surface area contributed by atoms with Crippen LogP contribution in [0.4, 0.5) is 5.13 Å². The third kappa shape index (κ3) is 7.93. The fraction of sp³-hybridized carbons (Fsp3) is 0.421. The molecular formula is C19H27N5O3S. The first-order valence-electron chi connectivity index (χ1n) is 9.04. The molecule has 152 valence electrons. The van der Waals surface area contributed by atoms with E-state index in [0.717, 1.165) is 23.4 Å². The number of nitrogens with one attached hydrogen (secondary N) is 2. The first-order chi connectivity index (χ1) is 13.6. The molecule has 0 spiro atoms. The van der Waals surface area contributed by atoms with Crippen molar-refractivity contribution in [2.75, 3.05) is 38.7 Å². The predicted molar refractivity (Wildman–Crippen MR) is 112 cm³/mol. The number of nitrogens with zero attached hydrogens (tertiary/aromatic N) is 2. The van der Waals surface area contributed by atoms with Gasteiger partial charge in [-0.15, -0.1) is 11.3 Å². The number of guanidine groups is 1. The molecule has 1 aromatic carbocycles. The van der Waals surface area contributed by atoms with Crippen LogP contribution in [0.5, 0.6) is 5.75 Å². The van der Waals surface area contributed by atoms with Gasteiger partial charge in [0.25, 0.3) is 0 Å². The number of carbonyl (C=O) groups is 1. The maximum atomic E-state index is 10.7. The van der Waals surface area contributed by atoms with Gasteiger partial charge < -0.3 is 25.8 Å². The van der Waals surface area contributed by atoms with Crippen LogP contribution < -0.4 is 21.1 Å². The van der Waals surface area contributed by atoms with Crippen molar-refractivity contribution in [1.82, 2.24) is 10.3 Å². The molecule has 0 fully saturated rings. The number of hydrogen-bond acceptors (Lipinski definition) is 6. The number of carbonyl (C=O) groups excluding carboxylic acids is 1. The van der Waals surface area contributed by atoms with Crippen LogP contribution in [-0.4, -0.2) is 50.3 Å². The van der Waals surface area contributed by atoms with Crippen molar-refractivity contribution in [1.29, 1.82) is 0 Å². The Balaban J connectivity index is 1.70. The van der Waals surface area contributed by atoms with E-state index in [1.165, 1.54) is 18.3 Å². The van der Waals surface area contributed by atoms with E-state index in [-0.39, 0.29) is 5.91 Å². The molecule has 1 aromatic heterocycles. The first-order valence-corrected chi connectivity index (χ1v) is 9.92. The van der Waals surface area contributed by atoms with Gasteiger partial charge in [0, 0.05) is 31.8 Å². The van der Waals surface area contributed by atoms with Crippen molar-refractivity contribution in [2.45, 2.75) is 19.8 Å². The number of para-hydroxylation sites is 1. The van der Waals surface area contributed by atoms with Crippen LogP contribution in [-0.2, 0) is 22.4 Å². The molecule has 0 bridgehead atoms. The number of thiazole rings is 1. The molecule has 0 radical (unpaired) electrons. The van der Waals surface area contributed by atoms with E-state index in [9.17, 15) is 4.79 Å². The molecule has 1 heterocycles. The summed E-state index contributed by atoms with van der Waals surface area (Å²) in [7, 11) is 1.66. The van der Waals surface area contributed by atoms with E-state index in [1.54, 1.807) is 7.11 Å². The average molecular weight is 406 g/mol. The smallest absolute Gasteiger partial charge is 0.216 e. The Hall–Kier alpha value is -2.65. The zero-order valence-electron chi connectivity index (χ0n) is 16.2. The van der Waals surface area contributed by atoms with E-state index in [2.05, 4.69) is 20.6 Å². The number of methoxy groups -OCH3 is 1. The van der Waals surface area contributed by atoms with E-state index in [1.807, 2.05) is 29.6 Å². The maximum absolute atomic E-state index is 10.7. The third-order valence-electron chi connectivity index (χ3n) is 3.77. The predicted octanol–water partition coefficient (Wildman–Crippen LogP) is 1.82. The van der Waals surface area contributed by atoms with E-state index in [0.29, 0.717) is 43.8 Å². The molecule has 0 aliphatic rings. The highest BCUT2D eigenvalue weighted by atomic mass is 32.1. The topological polar surface area (TPSA) is 111 Å². The number of aromatic nitrogens is 1. The Morgan fingerprint density at radius 2 is 2.11 bits per heavy atom. The van der Waals surface area contributed by atoms with Crippen LogP contribution in [0, 0.1) is 0 Å². The molecule has 4 N–H and O–H groups in total. The minimum absolute atomic E-state index is 0.0547. The van der Waals surface area contributed by atoms with Gasteiger partial charge in [0.2, 0.25) is 5.91 Å². The van der Waals surface area contributed by atoms with E-state index < -0.39 is 0 Å². The number of aliphatic imine (C=N–C) groups is 1. The minimum Gasteiger partial charge on any atom is -0.496 e. The van der Waals surface area contributed by atoms with Crippen molar-refractivity contribution in [3.05, 3.63) is 40.9 Å². The van der Waals surface area contributed by atoms with E-state index in [4.69, 9.17) is 15.2 Å². The van der Waals surface area contributed by atoms with Gasteiger partial charge in [0.05, 0.1) is 26.0 Å². The molecule has 8 nitrogen and oxygen atoms in total. The molecule has 0 atom stereocenters. The van der Waals surface area contributed by atoms with Crippen LogP contribution in [0.25, 0.3) is 0 Å². The summed E-state index contributed by atoms with van der Waals surface area (Å²) in [5.41, 5.74) is 7.96. The van der Waals surface area contributed by atoms with Crippen LogP contribution >= 0.6 is 11.3 Å². The zero-order valence-corrected chi connectivity index (χ0v) is 17.1. The molecule has 0 saturated heterocycles.